The number of aromatic amines is 1. The molecular formula is C15H22N4O. The maximum Gasteiger partial charge on any atom is 0.276 e. The molecule has 1 saturated heterocycles. The first kappa shape index (κ1) is 12.4. The van der Waals surface area contributed by atoms with E-state index in [0.29, 0.717) is 11.7 Å². The van der Waals surface area contributed by atoms with Gasteiger partial charge in [-0.05, 0) is 56.3 Å². The number of H-pyrrole nitrogens is 1. The molecule has 4 rings (SSSR count). The van der Waals surface area contributed by atoms with Gasteiger partial charge in [-0.2, -0.15) is 15.4 Å². The first-order valence-electron chi connectivity index (χ1n) is 7.98. The average molecular weight is 274 g/mol. The molecule has 0 radical (unpaired) electrons. The van der Waals surface area contributed by atoms with Crippen LogP contribution in [0.5, 0.6) is 0 Å². The van der Waals surface area contributed by atoms with E-state index < -0.39 is 0 Å². The van der Waals surface area contributed by atoms with Crippen molar-refractivity contribution in [3.05, 3.63) is 11.9 Å². The Morgan fingerprint density at radius 3 is 3.00 bits per heavy atom. The summed E-state index contributed by atoms with van der Waals surface area (Å²) < 4.78 is 0. The van der Waals surface area contributed by atoms with Crippen LogP contribution in [0.25, 0.3) is 0 Å². The lowest BCUT2D eigenvalue weighted by Crippen LogP contribution is -2.37. The number of rotatable bonds is 3. The Hall–Kier alpha value is -1.39. The Morgan fingerprint density at radius 2 is 2.30 bits per heavy atom. The van der Waals surface area contributed by atoms with E-state index >= 15 is 0 Å². The minimum absolute atomic E-state index is 0.0596. The van der Waals surface area contributed by atoms with Gasteiger partial charge in [-0.3, -0.25) is 4.79 Å². The molecule has 0 unspecified atom stereocenters. The molecule has 1 aromatic heterocycles. The minimum atomic E-state index is 0.0596. The van der Waals surface area contributed by atoms with Crippen molar-refractivity contribution >= 4 is 5.91 Å². The lowest BCUT2D eigenvalue weighted by molar-refractivity contribution is 0.0701. The smallest absolute Gasteiger partial charge is 0.276 e. The summed E-state index contributed by atoms with van der Waals surface area (Å²) in [6.45, 7) is 0.886. The van der Waals surface area contributed by atoms with Gasteiger partial charge in [0.2, 0.25) is 0 Å². The van der Waals surface area contributed by atoms with Crippen LogP contribution in [0.1, 0.15) is 55.4 Å². The summed E-state index contributed by atoms with van der Waals surface area (Å²) in [4.78, 5) is 14.5. The molecule has 2 saturated carbocycles. The predicted molar refractivity (Wildman–Crippen MR) is 74.0 cm³/mol. The highest BCUT2D eigenvalue weighted by Crippen LogP contribution is 2.50. The monoisotopic (exact) mass is 274 g/mol. The molecule has 5 heteroatoms. The van der Waals surface area contributed by atoms with Crippen LogP contribution >= 0.6 is 0 Å². The predicted octanol–water partition coefficient (Wildman–Crippen LogP) is 2.24. The van der Waals surface area contributed by atoms with Gasteiger partial charge in [0.15, 0.2) is 5.69 Å². The van der Waals surface area contributed by atoms with E-state index in [1.54, 1.807) is 0 Å². The van der Waals surface area contributed by atoms with Gasteiger partial charge < -0.3 is 4.90 Å². The van der Waals surface area contributed by atoms with Gasteiger partial charge in [-0.25, -0.2) is 0 Å². The highest BCUT2D eigenvalue weighted by Gasteiger charge is 2.42. The molecule has 0 aromatic carbocycles. The van der Waals surface area contributed by atoms with Gasteiger partial charge in [0.1, 0.15) is 0 Å². The van der Waals surface area contributed by atoms with Gasteiger partial charge in [-0.1, -0.05) is 6.42 Å². The van der Waals surface area contributed by atoms with E-state index in [9.17, 15) is 4.79 Å². The van der Waals surface area contributed by atoms with Crippen molar-refractivity contribution in [1.82, 2.24) is 20.3 Å². The molecule has 1 N–H and O–H groups in total. The van der Waals surface area contributed by atoms with Crippen LogP contribution in [0.4, 0.5) is 0 Å². The van der Waals surface area contributed by atoms with Crippen LogP contribution < -0.4 is 0 Å². The highest BCUT2D eigenvalue weighted by molar-refractivity contribution is 5.92. The Bertz CT molecular complexity index is 486. The SMILES string of the molecule is O=C(c1cn[nH]n1)N1CCC[C@H]1C[C@H]1C[C@H]2CC[C@H]1C2. The van der Waals surface area contributed by atoms with Crippen molar-refractivity contribution in [3.63, 3.8) is 0 Å². The quantitative estimate of drug-likeness (QED) is 0.919. The average Bonchev–Trinajstić information content (AvgIpc) is 3.23. The molecule has 1 aliphatic heterocycles. The Morgan fingerprint density at radius 1 is 1.35 bits per heavy atom. The number of likely N-dealkylation sites (tertiary alicyclic amines) is 1. The summed E-state index contributed by atoms with van der Waals surface area (Å²) in [6.07, 6.45) is 10.8. The van der Waals surface area contributed by atoms with E-state index in [1.807, 2.05) is 4.90 Å². The van der Waals surface area contributed by atoms with E-state index in [2.05, 4.69) is 15.4 Å². The van der Waals surface area contributed by atoms with Gasteiger partial charge in [0.05, 0.1) is 6.20 Å². The normalized spacial score (nSPS) is 35.9. The van der Waals surface area contributed by atoms with Gasteiger partial charge in [0, 0.05) is 12.6 Å². The molecule has 3 aliphatic rings. The largest absolute Gasteiger partial charge is 0.334 e. The molecular weight excluding hydrogens is 252 g/mol. The first-order valence-corrected chi connectivity index (χ1v) is 7.98. The van der Waals surface area contributed by atoms with Crippen LogP contribution in [-0.2, 0) is 0 Å². The summed E-state index contributed by atoms with van der Waals surface area (Å²) in [5.74, 6) is 2.87. The van der Waals surface area contributed by atoms with Gasteiger partial charge >= 0.3 is 0 Å². The molecule has 1 amide bonds. The second-order valence-corrected chi connectivity index (χ2v) is 6.82. The van der Waals surface area contributed by atoms with Crippen molar-refractivity contribution < 1.29 is 4.79 Å². The summed E-state index contributed by atoms with van der Waals surface area (Å²) >= 11 is 0. The molecule has 1 aromatic rings. The number of nitrogens with one attached hydrogen (secondary N) is 1. The fourth-order valence-corrected chi connectivity index (χ4v) is 4.81. The van der Waals surface area contributed by atoms with Crippen LogP contribution in [0.15, 0.2) is 6.20 Å². The Kier molecular flexibility index (Phi) is 3.00. The number of amides is 1. The summed E-state index contributed by atoms with van der Waals surface area (Å²) in [5.41, 5.74) is 0.463. The van der Waals surface area contributed by atoms with E-state index in [4.69, 9.17) is 0 Å². The van der Waals surface area contributed by atoms with E-state index in [0.717, 1.165) is 37.1 Å². The summed E-state index contributed by atoms with van der Waals surface area (Å²) in [7, 11) is 0. The third kappa shape index (κ3) is 2.03. The van der Waals surface area contributed by atoms with Crippen molar-refractivity contribution in [3.8, 4) is 0 Å². The Labute approximate surface area is 119 Å². The maximum atomic E-state index is 12.5. The number of carbonyl (C=O) groups is 1. The fraction of sp³-hybridized carbons (Fsp3) is 0.800. The molecule has 0 spiro atoms. The molecule has 5 nitrogen and oxygen atoms in total. The van der Waals surface area contributed by atoms with E-state index in [-0.39, 0.29) is 5.91 Å². The van der Waals surface area contributed by atoms with Gasteiger partial charge in [-0.15, -0.1) is 0 Å². The lowest BCUT2D eigenvalue weighted by Gasteiger charge is -2.29. The molecule has 20 heavy (non-hydrogen) atoms. The molecule has 2 aliphatic carbocycles. The molecule has 3 fully saturated rings. The van der Waals surface area contributed by atoms with E-state index in [1.165, 1.54) is 38.3 Å². The number of hydrogen-bond donors (Lipinski definition) is 1. The first-order chi connectivity index (χ1) is 9.81. The zero-order valence-corrected chi connectivity index (χ0v) is 11.8. The molecule has 108 valence electrons. The second kappa shape index (κ2) is 4.86. The summed E-state index contributed by atoms with van der Waals surface area (Å²) in [5, 5.41) is 10.2. The minimum Gasteiger partial charge on any atom is -0.334 e. The van der Waals surface area contributed by atoms with Gasteiger partial charge in [0.25, 0.3) is 5.91 Å². The number of nitrogens with zero attached hydrogens (tertiary/aromatic N) is 3. The maximum absolute atomic E-state index is 12.5. The highest BCUT2D eigenvalue weighted by atomic mass is 16.2. The van der Waals surface area contributed by atoms with Crippen molar-refractivity contribution in [1.29, 1.82) is 0 Å². The lowest BCUT2D eigenvalue weighted by atomic mass is 9.83. The van der Waals surface area contributed by atoms with Crippen molar-refractivity contribution in [2.45, 2.75) is 51.0 Å². The van der Waals surface area contributed by atoms with Crippen molar-refractivity contribution in [2.75, 3.05) is 6.54 Å². The zero-order valence-electron chi connectivity index (χ0n) is 11.8. The second-order valence-electron chi connectivity index (χ2n) is 6.82. The van der Waals surface area contributed by atoms with Crippen LogP contribution in [0.2, 0.25) is 0 Å². The Balaban J connectivity index is 1.43. The third-order valence-corrected chi connectivity index (χ3v) is 5.73. The number of hydrogen-bond acceptors (Lipinski definition) is 3. The van der Waals surface area contributed by atoms with Crippen LogP contribution in [0, 0.1) is 17.8 Å². The molecule has 2 heterocycles. The number of fused-ring (bicyclic) bond motifs is 2. The molecule has 4 atom stereocenters. The zero-order chi connectivity index (χ0) is 13.5. The topological polar surface area (TPSA) is 61.9 Å². The fourth-order valence-electron chi connectivity index (χ4n) is 4.81. The number of aromatic nitrogens is 3. The van der Waals surface area contributed by atoms with Crippen LogP contribution in [0.3, 0.4) is 0 Å². The van der Waals surface area contributed by atoms with Crippen molar-refractivity contribution in [2.24, 2.45) is 17.8 Å². The molecule has 2 bridgehead atoms. The third-order valence-electron chi connectivity index (χ3n) is 5.73. The summed E-state index contributed by atoms with van der Waals surface area (Å²) in [6, 6.07) is 0.434. The van der Waals surface area contributed by atoms with Crippen LogP contribution in [-0.4, -0.2) is 38.8 Å². The standard InChI is InChI=1S/C15H22N4O/c20-15(14-9-16-18-17-14)19-5-1-2-13(19)8-12-7-10-3-4-11(12)6-10/h9-13H,1-8H2,(H,16,17,18)/t10-,11-,12+,13-/m0/s1. The number of carbonyl (C=O) groups excluding carboxylic acids is 1.